The largest absolute Gasteiger partial charge is 0.497 e. The van der Waals surface area contributed by atoms with Crippen molar-refractivity contribution in [2.45, 2.75) is 13.8 Å². The second-order valence-corrected chi connectivity index (χ2v) is 5.50. The molecule has 0 aromatic heterocycles. The highest BCUT2D eigenvalue weighted by molar-refractivity contribution is 6.29. The molecule has 4 nitrogen and oxygen atoms in total. The summed E-state index contributed by atoms with van der Waals surface area (Å²) in [6.07, 6.45) is 0. The minimum Gasteiger partial charge on any atom is -0.497 e. The number of methoxy groups -OCH3 is 2. The van der Waals surface area contributed by atoms with E-state index in [1.54, 1.807) is 55.6 Å². The molecule has 0 radical (unpaired) electrons. The molecule has 0 aliphatic carbocycles. The Morgan fingerprint density at radius 2 is 1.25 bits per heavy atom. The SMILES string of the molecule is COC(=O)c1ccc(C(C(=O)c2ccc(OC)cc2)=C(C)C)cc1. The number of carbonyl (C=O) groups excluding carboxylic acids is 2. The zero-order valence-electron chi connectivity index (χ0n) is 14.3. The molecule has 0 bridgehead atoms. The van der Waals surface area contributed by atoms with E-state index < -0.39 is 5.97 Å². The van der Waals surface area contributed by atoms with Crippen molar-refractivity contribution in [2.24, 2.45) is 0 Å². The van der Waals surface area contributed by atoms with Crippen LogP contribution in [0.15, 0.2) is 54.1 Å². The Bertz CT molecular complexity index is 764. The van der Waals surface area contributed by atoms with Crippen molar-refractivity contribution in [3.63, 3.8) is 0 Å². The summed E-state index contributed by atoms with van der Waals surface area (Å²) >= 11 is 0. The van der Waals surface area contributed by atoms with Crippen LogP contribution >= 0.6 is 0 Å². The summed E-state index contributed by atoms with van der Waals surface area (Å²) in [5, 5.41) is 0. The zero-order valence-corrected chi connectivity index (χ0v) is 14.3. The van der Waals surface area contributed by atoms with Crippen molar-refractivity contribution < 1.29 is 19.1 Å². The average molecular weight is 324 g/mol. The van der Waals surface area contributed by atoms with Crippen molar-refractivity contribution in [3.8, 4) is 5.75 Å². The molecule has 0 spiro atoms. The lowest BCUT2D eigenvalue weighted by Gasteiger charge is -2.11. The van der Waals surface area contributed by atoms with Gasteiger partial charge in [0.15, 0.2) is 5.78 Å². The molecule has 0 fully saturated rings. The van der Waals surface area contributed by atoms with Crippen LogP contribution in [-0.4, -0.2) is 26.0 Å². The third-order valence-electron chi connectivity index (χ3n) is 3.67. The molecule has 0 amide bonds. The Hall–Kier alpha value is -2.88. The van der Waals surface area contributed by atoms with Gasteiger partial charge in [0.1, 0.15) is 5.75 Å². The topological polar surface area (TPSA) is 52.6 Å². The van der Waals surface area contributed by atoms with Gasteiger partial charge in [-0.2, -0.15) is 0 Å². The van der Waals surface area contributed by atoms with Crippen molar-refractivity contribution >= 4 is 17.3 Å². The molecule has 2 rings (SSSR count). The number of ketones is 1. The molecule has 0 saturated heterocycles. The normalized spacial score (nSPS) is 10.0. The molecule has 4 heteroatoms. The molecule has 2 aromatic rings. The van der Waals surface area contributed by atoms with E-state index in [4.69, 9.17) is 9.47 Å². The third-order valence-corrected chi connectivity index (χ3v) is 3.67. The number of rotatable bonds is 5. The Morgan fingerprint density at radius 1 is 0.750 bits per heavy atom. The summed E-state index contributed by atoms with van der Waals surface area (Å²) < 4.78 is 9.81. The maximum absolute atomic E-state index is 12.9. The standard InChI is InChI=1S/C20H20O4/c1-13(2)18(14-5-7-16(8-6-14)20(22)24-4)19(21)15-9-11-17(23-3)12-10-15/h5-12H,1-4H3. The number of carbonyl (C=O) groups is 2. The fourth-order valence-corrected chi connectivity index (χ4v) is 2.42. The maximum atomic E-state index is 12.9. The van der Waals surface area contributed by atoms with E-state index in [9.17, 15) is 9.59 Å². The highest BCUT2D eigenvalue weighted by Crippen LogP contribution is 2.25. The minimum atomic E-state index is -0.401. The van der Waals surface area contributed by atoms with Gasteiger partial charge in [-0.05, 0) is 55.8 Å². The lowest BCUT2D eigenvalue weighted by atomic mass is 9.93. The van der Waals surface area contributed by atoms with E-state index in [0.717, 1.165) is 11.1 Å². The molecule has 2 aromatic carbocycles. The molecule has 0 aliphatic heterocycles. The quantitative estimate of drug-likeness (QED) is 0.471. The van der Waals surface area contributed by atoms with E-state index >= 15 is 0 Å². The van der Waals surface area contributed by atoms with Gasteiger partial charge in [-0.3, -0.25) is 4.79 Å². The van der Waals surface area contributed by atoms with E-state index in [2.05, 4.69) is 0 Å². The predicted octanol–water partition coefficient (Wildman–Crippen LogP) is 4.16. The van der Waals surface area contributed by atoms with Crippen molar-refractivity contribution in [2.75, 3.05) is 14.2 Å². The Labute approximate surface area is 141 Å². The number of allylic oxidation sites excluding steroid dienone is 2. The van der Waals surface area contributed by atoms with Crippen LogP contribution in [0.2, 0.25) is 0 Å². The van der Waals surface area contributed by atoms with Crippen LogP contribution < -0.4 is 4.74 Å². The first-order valence-corrected chi connectivity index (χ1v) is 7.53. The molecule has 24 heavy (non-hydrogen) atoms. The molecule has 0 atom stereocenters. The summed E-state index contributed by atoms with van der Waals surface area (Å²) in [6, 6.07) is 13.8. The second-order valence-electron chi connectivity index (χ2n) is 5.50. The van der Waals surface area contributed by atoms with E-state index in [1.165, 1.54) is 7.11 Å². The van der Waals surface area contributed by atoms with E-state index in [-0.39, 0.29) is 5.78 Å². The third kappa shape index (κ3) is 3.71. The van der Waals surface area contributed by atoms with Crippen LogP contribution in [0.1, 0.15) is 40.1 Å². The first-order chi connectivity index (χ1) is 11.5. The lowest BCUT2D eigenvalue weighted by Crippen LogP contribution is -2.06. The van der Waals surface area contributed by atoms with Gasteiger partial charge in [0, 0.05) is 11.1 Å². The zero-order chi connectivity index (χ0) is 17.7. The van der Waals surface area contributed by atoms with Crippen molar-refractivity contribution in [3.05, 3.63) is 70.8 Å². The van der Waals surface area contributed by atoms with Crippen LogP contribution in [0.5, 0.6) is 5.75 Å². The van der Waals surface area contributed by atoms with Gasteiger partial charge in [-0.1, -0.05) is 17.7 Å². The summed E-state index contributed by atoms with van der Waals surface area (Å²) in [7, 11) is 2.92. The Kier molecular flexibility index (Phi) is 5.53. The molecule has 0 saturated carbocycles. The van der Waals surface area contributed by atoms with Crippen LogP contribution in [0.3, 0.4) is 0 Å². The number of Topliss-reactive ketones (excluding diaryl/α,β-unsaturated/α-hetero) is 1. The molecular weight excluding hydrogens is 304 g/mol. The molecular formula is C20H20O4. The summed E-state index contributed by atoms with van der Waals surface area (Å²) in [5.74, 6) is 0.234. The van der Waals surface area contributed by atoms with Gasteiger partial charge in [0.05, 0.1) is 19.8 Å². The Morgan fingerprint density at radius 3 is 1.71 bits per heavy atom. The summed E-state index contributed by atoms with van der Waals surface area (Å²) in [6.45, 7) is 3.79. The number of esters is 1. The minimum absolute atomic E-state index is 0.0662. The first kappa shape index (κ1) is 17.5. The lowest BCUT2D eigenvalue weighted by molar-refractivity contribution is 0.0600. The van der Waals surface area contributed by atoms with Gasteiger partial charge in [-0.15, -0.1) is 0 Å². The smallest absolute Gasteiger partial charge is 0.337 e. The van der Waals surface area contributed by atoms with E-state index in [0.29, 0.717) is 22.4 Å². The highest BCUT2D eigenvalue weighted by Gasteiger charge is 2.16. The van der Waals surface area contributed by atoms with Gasteiger partial charge in [-0.25, -0.2) is 4.79 Å². The molecule has 124 valence electrons. The highest BCUT2D eigenvalue weighted by atomic mass is 16.5. The van der Waals surface area contributed by atoms with Crippen LogP contribution in [0.25, 0.3) is 5.57 Å². The predicted molar refractivity (Wildman–Crippen MR) is 93.4 cm³/mol. The monoisotopic (exact) mass is 324 g/mol. The first-order valence-electron chi connectivity index (χ1n) is 7.53. The maximum Gasteiger partial charge on any atom is 0.337 e. The van der Waals surface area contributed by atoms with Gasteiger partial charge in [0.25, 0.3) is 0 Å². The number of hydrogen-bond donors (Lipinski definition) is 0. The van der Waals surface area contributed by atoms with Crippen LogP contribution in [0, 0.1) is 0 Å². The number of benzene rings is 2. The second kappa shape index (κ2) is 7.59. The van der Waals surface area contributed by atoms with Crippen molar-refractivity contribution in [1.82, 2.24) is 0 Å². The fraction of sp³-hybridized carbons (Fsp3) is 0.200. The summed E-state index contributed by atoms with van der Waals surface area (Å²) in [5.41, 5.74) is 3.33. The number of ether oxygens (including phenoxy) is 2. The van der Waals surface area contributed by atoms with Crippen molar-refractivity contribution in [1.29, 1.82) is 0 Å². The fourth-order valence-electron chi connectivity index (χ4n) is 2.42. The average Bonchev–Trinajstić information content (AvgIpc) is 2.61. The van der Waals surface area contributed by atoms with Gasteiger partial charge < -0.3 is 9.47 Å². The van der Waals surface area contributed by atoms with E-state index in [1.807, 2.05) is 13.8 Å². The van der Waals surface area contributed by atoms with Gasteiger partial charge >= 0.3 is 5.97 Å². The molecule has 0 unspecified atom stereocenters. The van der Waals surface area contributed by atoms with Crippen LogP contribution in [-0.2, 0) is 4.74 Å². The number of hydrogen-bond acceptors (Lipinski definition) is 4. The molecule has 0 aliphatic rings. The van der Waals surface area contributed by atoms with Crippen LogP contribution in [0.4, 0.5) is 0 Å². The summed E-state index contributed by atoms with van der Waals surface area (Å²) in [4.78, 5) is 24.4. The molecule has 0 N–H and O–H groups in total. The molecule has 0 heterocycles. The van der Waals surface area contributed by atoms with Gasteiger partial charge in [0.2, 0.25) is 0 Å². The Balaban J connectivity index is 2.37.